The summed E-state index contributed by atoms with van der Waals surface area (Å²) < 4.78 is 39.3. The van der Waals surface area contributed by atoms with Gasteiger partial charge < -0.3 is 63.2 Å². The van der Waals surface area contributed by atoms with Crippen LogP contribution in [0.2, 0.25) is 0 Å². The second kappa shape index (κ2) is 21.6. The van der Waals surface area contributed by atoms with E-state index in [2.05, 4.69) is 26.6 Å². The average molecular weight is 858 g/mol. The maximum Gasteiger partial charge on any atom is 0.399 e. The molecule has 14 N–H and O–H groups in total. The molecule has 21 nitrogen and oxygen atoms in total. The number of hydrogen-bond donors (Lipinski definition) is 12. The van der Waals surface area contributed by atoms with E-state index in [-0.39, 0.29) is 24.2 Å². The van der Waals surface area contributed by atoms with Crippen molar-refractivity contribution >= 4 is 55.0 Å². The number of carbonyl (C=O) groups excluding carboxylic acids is 6. The van der Waals surface area contributed by atoms with Gasteiger partial charge in [-0.3, -0.25) is 38.1 Å². The molecule has 0 spiro atoms. The molecule has 0 aromatic heterocycles. The first kappa shape index (κ1) is 49.1. The van der Waals surface area contributed by atoms with Gasteiger partial charge in [-0.25, -0.2) is 4.79 Å². The Balaban J connectivity index is 2.25. The van der Waals surface area contributed by atoms with Crippen LogP contribution >= 0.6 is 7.60 Å². The molecular formula is C35H46F2N7O14P. The summed E-state index contributed by atoms with van der Waals surface area (Å²) in [6, 6.07) is 0.929. The fourth-order valence-electron chi connectivity index (χ4n) is 5.21. The van der Waals surface area contributed by atoms with Crippen LogP contribution in [0.25, 0.3) is 0 Å². The summed E-state index contributed by atoms with van der Waals surface area (Å²) in [5.74, 6) is -9.82. The molecule has 0 aliphatic carbocycles. The summed E-state index contributed by atoms with van der Waals surface area (Å²) in [7, 11) is -5.88. The van der Waals surface area contributed by atoms with Gasteiger partial charge in [0.05, 0.1) is 19.0 Å². The van der Waals surface area contributed by atoms with E-state index in [1.165, 1.54) is 38.1 Å². The molecule has 5 atom stereocenters. The molecule has 0 aliphatic rings. The van der Waals surface area contributed by atoms with E-state index in [0.717, 1.165) is 12.1 Å². The number of nitrogens with two attached hydrogens (primary N) is 2. The molecule has 2 aromatic rings. The lowest BCUT2D eigenvalue weighted by Crippen LogP contribution is -2.60. The standard InChI is InChI=1S/C35H46F2N7O14P/c1-17(2)29(33(53)43-25(34(54)55)14-18-3-7-20(8-4-18)35(36,37)59(56,57)58)44-32(52)24(15-26(39)46)42-31(51)23(13-19-5-9-21(45)10-6-19)41-27(47)16-40-30(50)22(38)11-12-28(48)49/h3-10,17,22-25,29,45H,11-16,38H2,1-2H3,(H2,39,46)(H,40,50)(H,41,47)(H,42,51)(H,43,53)(H,44,52)(H,48,49)(H,54,55)(H2,56,57,58)/t22-,23-,24-,25-,29-/m0/s1. The molecule has 2 rings (SSSR count). The fraction of sp³-hybridized carbons (Fsp3) is 0.429. The molecule has 59 heavy (non-hydrogen) atoms. The number of phenols is 1. The number of phenolic OH excluding ortho intramolecular Hbond substituents is 1. The lowest BCUT2D eigenvalue weighted by molar-refractivity contribution is -0.142. The number of carbonyl (C=O) groups is 8. The van der Waals surface area contributed by atoms with E-state index in [0.29, 0.717) is 17.7 Å². The topological polar surface area (TPSA) is 367 Å². The number of carboxylic acids is 2. The normalized spacial score (nSPS) is 14.1. The molecule has 0 saturated heterocycles. The number of benzene rings is 2. The Labute approximate surface area is 334 Å². The molecule has 0 unspecified atom stereocenters. The summed E-state index contributed by atoms with van der Waals surface area (Å²) in [4.78, 5) is 118. The third-order valence-corrected chi connectivity index (χ3v) is 9.45. The van der Waals surface area contributed by atoms with Crippen molar-refractivity contribution in [2.75, 3.05) is 6.54 Å². The van der Waals surface area contributed by atoms with Crippen molar-refractivity contribution < 1.29 is 76.8 Å². The van der Waals surface area contributed by atoms with Crippen LogP contribution in [0.1, 0.15) is 49.8 Å². The summed E-state index contributed by atoms with van der Waals surface area (Å²) >= 11 is 0. The van der Waals surface area contributed by atoms with Gasteiger partial charge in [0.1, 0.15) is 29.9 Å². The first-order valence-corrected chi connectivity index (χ1v) is 19.2. The lowest BCUT2D eigenvalue weighted by Gasteiger charge is -2.27. The van der Waals surface area contributed by atoms with E-state index in [1.54, 1.807) is 0 Å². The maximum atomic E-state index is 14.1. The number of amides is 6. The van der Waals surface area contributed by atoms with Gasteiger partial charge in [-0.05, 0) is 35.6 Å². The quantitative estimate of drug-likeness (QED) is 0.0553. The Hall–Kier alpha value is -6.03. The van der Waals surface area contributed by atoms with E-state index in [1.807, 2.05) is 0 Å². The Morgan fingerprint density at radius 3 is 1.75 bits per heavy atom. The predicted octanol–water partition coefficient (Wildman–Crippen LogP) is -1.73. The van der Waals surface area contributed by atoms with Gasteiger partial charge in [0.25, 0.3) is 0 Å². The molecule has 0 fully saturated rings. The van der Waals surface area contributed by atoms with Crippen LogP contribution in [0.15, 0.2) is 48.5 Å². The summed E-state index contributed by atoms with van der Waals surface area (Å²) in [6.07, 6.45) is -2.25. The third kappa shape index (κ3) is 15.7. The van der Waals surface area contributed by atoms with Gasteiger partial charge in [0.15, 0.2) is 0 Å². The highest BCUT2D eigenvalue weighted by Crippen LogP contribution is 2.59. The third-order valence-electron chi connectivity index (χ3n) is 8.46. The summed E-state index contributed by atoms with van der Waals surface area (Å²) in [6.45, 7) is 2.20. The molecule has 6 amide bonds. The predicted molar refractivity (Wildman–Crippen MR) is 200 cm³/mol. The molecule has 0 aliphatic heterocycles. The molecule has 0 radical (unpaired) electrons. The minimum absolute atomic E-state index is 0.0629. The van der Waals surface area contributed by atoms with Crippen molar-refractivity contribution in [2.24, 2.45) is 17.4 Å². The zero-order valence-electron chi connectivity index (χ0n) is 31.6. The lowest BCUT2D eigenvalue weighted by atomic mass is 10.00. The van der Waals surface area contributed by atoms with Gasteiger partial charge in [0.2, 0.25) is 35.4 Å². The Kier molecular flexibility index (Phi) is 18.0. The molecule has 2 aromatic carbocycles. The molecule has 0 saturated carbocycles. The van der Waals surface area contributed by atoms with E-state index < -0.39 is 128 Å². The largest absolute Gasteiger partial charge is 0.508 e. The first-order chi connectivity index (χ1) is 27.3. The zero-order chi connectivity index (χ0) is 44.8. The Bertz CT molecular complexity index is 1910. The second-order valence-corrected chi connectivity index (χ2v) is 15.2. The van der Waals surface area contributed by atoms with Gasteiger partial charge >= 0.3 is 25.2 Å². The highest BCUT2D eigenvalue weighted by atomic mass is 31.2. The molecule has 324 valence electrons. The van der Waals surface area contributed by atoms with Crippen molar-refractivity contribution in [2.45, 2.75) is 81.8 Å². The zero-order valence-corrected chi connectivity index (χ0v) is 32.5. The highest BCUT2D eigenvalue weighted by molar-refractivity contribution is 7.52. The van der Waals surface area contributed by atoms with Crippen molar-refractivity contribution in [3.05, 3.63) is 65.2 Å². The minimum atomic E-state index is -5.88. The number of carboxylic acid groups (broad SMARTS) is 2. The summed E-state index contributed by atoms with van der Waals surface area (Å²) in [5.41, 5.74) is 5.87. The van der Waals surface area contributed by atoms with Crippen LogP contribution in [0.4, 0.5) is 8.78 Å². The monoisotopic (exact) mass is 857 g/mol. The maximum absolute atomic E-state index is 14.1. The number of halogens is 2. The van der Waals surface area contributed by atoms with Crippen LogP contribution in [-0.4, -0.2) is 109 Å². The number of aromatic hydroxyl groups is 1. The molecule has 0 bridgehead atoms. The van der Waals surface area contributed by atoms with Crippen molar-refractivity contribution in [1.82, 2.24) is 26.6 Å². The molecule has 0 heterocycles. The Morgan fingerprint density at radius 2 is 1.25 bits per heavy atom. The molecule has 24 heteroatoms. The number of aliphatic carboxylic acids is 2. The average Bonchev–Trinajstić information content (AvgIpc) is 3.14. The Morgan fingerprint density at radius 1 is 0.746 bits per heavy atom. The van der Waals surface area contributed by atoms with Crippen LogP contribution in [-0.2, 0) is 61.4 Å². The van der Waals surface area contributed by atoms with Crippen molar-refractivity contribution in [1.29, 1.82) is 0 Å². The van der Waals surface area contributed by atoms with Crippen LogP contribution < -0.4 is 38.1 Å². The van der Waals surface area contributed by atoms with Gasteiger partial charge in [-0.2, -0.15) is 8.78 Å². The van der Waals surface area contributed by atoms with Gasteiger partial charge in [-0.1, -0.05) is 50.2 Å². The van der Waals surface area contributed by atoms with Crippen LogP contribution in [0.3, 0.4) is 0 Å². The van der Waals surface area contributed by atoms with Gasteiger partial charge in [-0.15, -0.1) is 0 Å². The number of primary amides is 1. The van der Waals surface area contributed by atoms with Crippen LogP contribution in [0, 0.1) is 5.92 Å². The highest BCUT2D eigenvalue weighted by Gasteiger charge is 2.50. The van der Waals surface area contributed by atoms with E-state index in [4.69, 9.17) is 26.4 Å². The molecular weight excluding hydrogens is 811 g/mol. The van der Waals surface area contributed by atoms with E-state index in [9.17, 15) is 61.9 Å². The minimum Gasteiger partial charge on any atom is -0.508 e. The van der Waals surface area contributed by atoms with Crippen LogP contribution in [0.5, 0.6) is 5.75 Å². The van der Waals surface area contributed by atoms with Gasteiger partial charge in [0, 0.05) is 24.8 Å². The number of hydrogen-bond acceptors (Lipinski definition) is 11. The fourth-order valence-corrected chi connectivity index (χ4v) is 5.69. The second-order valence-electron chi connectivity index (χ2n) is 13.6. The van der Waals surface area contributed by atoms with E-state index >= 15 is 0 Å². The SMILES string of the molecule is CC(C)[C@H](NC(=O)[C@H](CC(N)=O)NC(=O)[C@H](Cc1ccc(O)cc1)NC(=O)CNC(=O)[C@@H](N)CCC(=O)O)C(=O)N[C@@H](Cc1ccc(C(F)(F)P(=O)(O)O)cc1)C(=O)O. The first-order valence-electron chi connectivity index (χ1n) is 17.6. The summed E-state index contributed by atoms with van der Waals surface area (Å²) in [5, 5.41) is 39.7. The number of rotatable bonds is 23. The van der Waals surface area contributed by atoms with Crippen molar-refractivity contribution in [3.8, 4) is 5.75 Å². The number of alkyl halides is 2. The van der Waals surface area contributed by atoms with Crippen molar-refractivity contribution in [3.63, 3.8) is 0 Å². The smallest absolute Gasteiger partial charge is 0.399 e. The number of nitrogens with one attached hydrogen (secondary N) is 5.